The Balaban J connectivity index is 1.17. The largest absolute Gasteiger partial charge is 0.497 e. The Morgan fingerprint density at radius 1 is 1.15 bits per heavy atom. The summed E-state index contributed by atoms with van der Waals surface area (Å²) in [4.78, 5) is 19.5. The fourth-order valence-electron chi connectivity index (χ4n) is 4.44. The number of rotatable bonds is 7. The number of amides is 1. The first kappa shape index (κ1) is 21.5. The van der Waals surface area contributed by atoms with E-state index in [-0.39, 0.29) is 11.8 Å². The molecule has 33 heavy (non-hydrogen) atoms. The van der Waals surface area contributed by atoms with Gasteiger partial charge in [-0.05, 0) is 55.5 Å². The number of hydrogen-bond acceptors (Lipinski definition) is 7. The Kier molecular flexibility index (Phi) is 5.76. The monoisotopic (exact) mass is 448 g/mol. The standard InChI is InChI=1S/C25H28N4O4/c1-32-20-9-7-18(8-10-20)22-26-24(33-28-22)29-15-11-19(12-16-29)23(31)27-25(13-14-25)21(30)17-5-3-2-4-6-17/h2-10,19,21,30H,11-16H2,1H3,(H,27,31). The molecule has 2 aromatic carbocycles. The first-order chi connectivity index (χ1) is 16.1. The SMILES string of the molecule is COc1ccc(-c2noc(N3CCC(C(=O)NC4(C(O)c5ccccc5)CC4)CC3)n2)cc1. The molecule has 8 nitrogen and oxygen atoms in total. The van der Waals surface area contributed by atoms with Crippen LogP contribution in [0.1, 0.15) is 37.4 Å². The number of carbonyl (C=O) groups excluding carboxylic acids is 1. The van der Waals surface area contributed by atoms with E-state index >= 15 is 0 Å². The fourth-order valence-corrected chi connectivity index (χ4v) is 4.44. The number of aromatic nitrogens is 2. The normalized spacial score (nSPS) is 18.5. The molecule has 0 bridgehead atoms. The van der Waals surface area contributed by atoms with Crippen LogP contribution in [0, 0.1) is 5.92 Å². The van der Waals surface area contributed by atoms with Crippen LogP contribution in [-0.2, 0) is 4.79 Å². The lowest BCUT2D eigenvalue weighted by Crippen LogP contribution is -2.47. The highest BCUT2D eigenvalue weighted by atomic mass is 16.5. The van der Waals surface area contributed by atoms with Crippen LogP contribution in [0.5, 0.6) is 5.75 Å². The molecule has 1 aromatic heterocycles. The van der Waals surface area contributed by atoms with Gasteiger partial charge in [0, 0.05) is 24.6 Å². The van der Waals surface area contributed by atoms with Crippen LogP contribution in [0.25, 0.3) is 11.4 Å². The highest BCUT2D eigenvalue weighted by Crippen LogP contribution is 2.46. The Bertz CT molecular complexity index is 1090. The molecular formula is C25H28N4O4. The predicted octanol–water partition coefficient (Wildman–Crippen LogP) is 3.34. The molecule has 2 aliphatic rings. The van der Waals surface area contributed by atoms with E-state index in [1.54, 1.807) is 7.11 Å². The highest BCUT2D eigenvalue weighted by Gasteiger charge is 2.51. The van der Waals surface area contributed by atoms with Gasteiger partial charge in [0.2, 0.25) is 11.7 Å². The van der Waals surface area contributed by atoms with Crippen LogP contribution in [0.3, 0.4) is 0 Å². The molecular weight excluding hydrogens is 420 g/mol. The molecule has 2 N–H and O–H groups in total. The molecule has 3 aromatic rings. The lowest BCUT2D eigenvalue weighted by atomic mass is 9.94. The van der Waals surface area contributed by atoms with Crippen molar-refractivity contribution in [2.45, 2.75) is 37.3 Å². The summed E-state index contributed by atoms with van der Waals surface area (Å²) in [5, 5.41) is 18.1. The van der Waals surface area contributed by atoms with Gasteiger partial charge in [0.05, 0.1) is 12.6 Å². The number of ether oxygens (including phenoxy) is 1. The average Bonchev–Trinajstić information content (AvgIpc) is 3.48. The van der Waals surface area contributed by atoms with Gasteiger partial charge in [0.15, 0.2) is 0 Å². The second-order valence-corrected chi connectivity index (χ2v) is 8.85. The fraction of sp³-hybridized carbons (Fsp3) is 0.400. The third kappa shape index (κ3) is 4.43. The molecule has 1 aliphatic heterocycles. The van der Waals surface area contributed by atoms with Gasteiger partial charge < -0.3 is 24.6 Å². The lowest BCUT2D eigenvalue weighted by molar-refractivity contribution is -0.127. The number of carbonyl (C=O) groups is 1. The number of benzene rings is 2. The first-order valence-electron chi connectivity index (χ1n) is 11.4. The molecule has 2 fully saturated rings. The van der Waals surface area contributed by atoms with E-state index < -0.39 is 11.6 Å². The van der Waals surface area contributed by atoms with Gasteiger partial charge in [-0.3, -0.25) is 4.79 Å². The van der Waals surface area contributed by atoms with Gasteiger partial charge in [-0.2, -0.15) is 4.98 Å². The second kappa shape index (κ2) is 8.86. The van der Waals surface area contributed by atoms with Crippen molar-refractivity contribution in [1.29, 1.82) is 0 Å². The van der Waals surface area contributed by atoms with Gasteiger partial charge in [0.25, 0.3) is 0 Å². The van der Waals surface area contributed by atoms with Crippen LogP contribution in [0.2, 0.25) is 0 Å². The number of piperidine rings is 1. The first-order valence-corrected chi connectivity index (χ1v) is 11.4. The van der Waals surface area contributed by atoms with Crippen molar-refractivity contribution < 1.29 is 19.2 Å². The zero-order valence-electron chi connectivity index (χ0n) is 18.6. The van der Waals surface area contributed by atoms with E-state index in [9.17, 15) is 9.90 Å². The molecule has 1 amide bonds. The van der Waals surface area contributed by atoms with Gasteiger partial charge in [-0.1, -0.05) is 35.5 Å². The van der Waals surface area contributed by atoms with Crippen LogP contribution >= 0.6 is 0 Å². The zero-order chi connectivity index (χ0) is 22.8. The van der Waals surface area contributed by atoms with Crippen LogP contribution < -0.4 is 15.0 Å². The summed E-state index contributed by atoms with van der Waals surface area (Å²) >= 11 is 0. The van der Waals surface area contributed by atoms with E-state index in [0.29, 0.717) is 37.8 Å². The quantitative estimate of drug-likeness (QED) is 0.572. The van der Waals surface area contributed by atoms with Crippen molar-refractivity contribution in [3.05, 3.63) is 60.2 Å². The predicted molar refractivity (Wildman–Crippen MR) is 123 cm³/mol. The molecule has 1 saturated carbocycles. The second-order valence-electron chi connectivity index (χ2n) is 8.85. The summed E-state index contributed by atoms with van der Waals surface area (Å²) in [6, 6.07) is 17.5. The molecule has 1 saturated heterocycles. The van der Waals surface area contributed by atoms with Crippen LogP contribution in [0.4, 0.5) is 6.01 Å². The molecule has 172 valence electrons. The number of hydrogen-bond donors (Lipinski definition) is 2. The van der Waals surface area contributed by atoms with E-state index in [2.05, 4.69) is 15.5 Å². The summed E-state index contributed by atoms with van der Waals surface area (Å²) < 4.78 is 10.7. The summed E-state index contributed by atoms with van der Waals surface area (Å²) in [7, 11) is 1.63. The van der Waals surface area contributed by atoms with Crippen molar-refractivity contribution in [1.82, 2.24) is 15.5 Å². The Morgan fingerprint density at radius 3 is 2.48 bits per heavy atom. The van der Waals surface area contributed by atoms with Crippen molar-refractivity contribution in [3.63, 3.8) is 0 Å². The number of nitrogens with one attached hydrogen (secondary N) is 1. The highest BCUT2D eigenvalue weighted by molar-refractivity contribution is 5.80. The molecule has 0 radical (unpaired) electrons. The lowest BCUT2D eigenvalue weighted by Gasteiger charge is -2.32. The van der Waals surface area contributed by atoms with Gasteiger partial charge in [-0.15, -0.1) is 0 Å². The minimum Gasteiger partial charge on any atom is -0.497 e. The smallest absolute Gasteiger partial charge is 0.324 e. The van der Waals surface area contributed by atoms with Gasteiger partial charge in [0.1, 0.15) is 11.9 Å². The topological polar surface area (TPSA) is 101 Å². The van der Waals surface area contributed by atoms with E-state index in [1.807, 2.05) is 59.5 Å². The maximum Gasteiger partial charge on any atom is 0.324 e. The summed E-state index contributed by atoms with van der Waals surface area (Å²) in [5.74, 6) is 1.22. The average molecular weight is 449 g/mol. The third-order valence-electron chi connectivity index (χ3n) is 6.70. The molecule has 2 heterocycles. The summed E-state index contributed by atoms with van der Waals surface area (Å²) in [5.41, 5.74) is 1.16. The van der Waals surface area contributed by atoms with E-state index in [4.69, 9.17) is 9.26 Å². The molecule has 8 heteroatoms. The van der Waals surface area contributed by atoms with Gasteiger partial charge in [-0.25, -0.2) is 0 Å². The van der Waals surface area contributed by atoms with E-state index in [1.165, 1.54) is 0 Å². The maximum atomic E-state index is 13.0. The van der Waals surface area contributed by atoms with Crippen LogP contribution in [0.15, 0.2) is 59.1 Å². The van der Waals surface area contributed by atoms with Crippen molar-refractivity contribution in [3.8, 4) is 17.1 Å². The molecule has 1 aliphatic carbocycles. The molecule has 0 spiro atoms. The number of nitrogens with zero attached hydrogens (tertiary/aromatic N) is 3. The van der Waals surface area contributed by atoms with Crippen molar-refractivity contribution >= 4 is 11.9 Å². The number of aliphatic hydroxyl groups is 1. The van der Waals surface area contributed by atoms with E-state index in [0.717, 1.165) is 29.7 Å². The molecule has 1 unspecified atom stereocenters. The zero-order valence-corrected chi connectivity index (χ0v) is 18.6. The maximum absolute atomic E-state index is 13.0. The summed E-state index contributed by atoms with van der Waals surface area (Å²) in [6.07, 6.45) is 2.30. The Labute approximate surface area is 192 Å². The summed E-state index contributed by atoms with van der Waals surface area (Å²) in [6.45, 7) is 1.33. The number of aliphatic hydroxyl groups excluding tert-OH is 1. The Hall–Kier alpha value is -3.39. The molecule has 1 atom stereocenters. The van der Waals surface area contributed by atoms with Crippen molar-refractivity contribution in [2.24, 2.45) is 5.92 Å². The molecule has 5 rings (SSSR count). The number of methoxy groups -OCH3 is 1. The van der Waals surface area contributed by atoms with Gasteiger partial charge >= 0.3 is 6.01 Å². The third-order valence-corrected chi connectivity index (χ3v) is 6.70. The minimum atomic E-state index is -0.683. The van der Waals surface area contributed by atoms with Crippen LogP contribution in [-0.4, -0.2) is 46.9 Å². The minimum absolute atomic E-state index is 0.0200. The van der Waals surface area contributed by atoms with Crippen molar-refractivity contribution in [2.75, 3.05) is 25.1 Å². The number of anilines is 1. The Morgan fingerprint density at radius 2 is 1.85 bits per heavy atom.